The average molecular weight is 459 g/mol. The van der Waals surface area contributed by atoms with E-state index in [0.29, 0.717) is 43.6 Å². The quantitative estimate of drug-likeness (QED) is 0.232. The summed E-state index contributed by atoms with van der Waals surface area (Å²) in [4.78, 5) is 12.2. The molecule has 1 atom stereocenters. The third-order valence-electron chi connectivity index (χ3n) is 3.53. The van der Waals surface area contributed by atoms with E-state index in [4.69, 9.17) is 14.2 Å². The van der Waals surface area contributed by atoms with Crippen LogP contribution in [-0.4, -0.2) is 62.7 Å². The number of rotatable bonds is 15. The molecule has 0 bridgehead atoms. The number of nitrogens with one attached hydrogen (secondary N) is 2. The fourth-order valence-corrected chi connectivity index (χ4v) is 4.35. The first-order valence-electron chi connectivity index (χ1n) is 10.4. The van der Waals surface area contributed by atoms with E-state index in [1.165, 1.54) is 0 Å². The maximum atomic E-state index is 12.2. The molecule has 0 aliphatic rings. The first-order chi connectivity index (χ1) is 14.2. The van der Waals surface area contributed by atoms with Gasteiger partial charge in [-0.2, -0.15) is 0 Å². The highest BCUT2D eigenvalue weighted by molar-refractivity contribution is 8.77. The second-order valence-electron chi connectivity index (χ2n) is 8.26. The first-order valence-corrected chi connectivity index (χ1v) is 12.6. The summed E-state index contributed by atoms with van der Waals surface area (Å²) in [5.41, 5.74) is 0.449. The number of ether oxygens (including phenoxy) is 3. The van der Waals surface area contributed by atoms with Crippen LogP contribution >= 0.6 is 21.6 Å². The minimum atomic E-state index is -0.134. The van der Waals surface area contributed by atoms with Gasteiger partial charge in [-0.1, -0.05) is 62.3 Å². The lowest BCUT2D eigenvalue weighted by molar-refractivity contribution is 0.0165. The first kappa shape index (κ1) is 27.1. The van der Waals surface area contributed by atoms with Gasteiger partial charge in [-0.3, -0.25) is 4.79 Å². The van der Waals surface area contributed by atoms with E-state index in [-0.39, 0.29) is 16.1 Å². The highest BCUT2D eigenvalue weighted by Crippen LogP contribution is 2.38. The van der Waals surface area contributed by atoms with Crippen LogP contribution in [-0.2, 0) is 9.47 Å². The van der Waals surface area contributed by atoms with Gasteiger partial charge in [0.1, 0.15) is 17.8 Å². The Balaban J connectivity index is 2.57. The molecule has 6 nitrogen and oxygen atoms in total. The number of carbonyl (C=O) groups is 1. The van der Waals surface area contributed by atoms with Gasteiger partial charge in [0, 0.05) is 30.0 Å². The standard InChI is InChI=1S/C22H38N2O4S2/c1-17(2)15-26-12-13-27-20(29-30-22(3,4)5)16-28-19-9-7-8-18(14-19)21(25)24-11-10-23-6/h7-9,14,17,20,23H,10-13,15-16H2,1-6H3,(H,24,25). The summed E-state index contributed by atoms with van der Waals surface area (Å²) in [6.07, 6.45) is 0. The number of carbonyl (C=O) groups excluding carboxylic acids is 1. The van der Waals surface area contributed by atoms with Crippen LogP contribution in [0.15, 0.2) is 24.3 Å². The molecule has 0 aliphatic heterocycles. The fraction of sp³-hybridized carbons (Fsp3) is 0.682. The molecule has 172 valence electrons. The molecule has 1 unspecified atom stereocenters. The van der Waals surface area contributed by atoms with E-state index in [2.05, 4.69) is 45.3 Å². The number of hydrogen-bond donors (Lipinski definition) is 2. The Morgan fingerprint density at radius 2 is 1.90 bits per heavy atom. The van der Waals surface area contributed by atoms with Crippen LogP contribution in [0.1, 0.15) is 45.0 Å². The van der Waals surface area contributed by atoms with Crippen molar-refractivity contribution in [2.45, 2.75) is 44.8 Å². The molecular formula is C22H38N2O4S2. The lowest BCUT2D eigenvalue weighted by Gasteiger charge is -2.22. The van der Waals surface area contributed by atoms with Gasteiger partial charge in [0.05, 0.1) is 13.2 Å². The van der Waals surface area contributed by atoms with Crippen molar-refractivity contribution in [1.82, 2.24) is 10.6 Å². The van der Waals surface area contributed by atoms with Crippen molar-refractivity contribution in [2.75, 3.05) is 46.6 Å². The van der Waals surface area contributed by atoms with Gasteiger partial charge in [0.25, 0.3) is 5.91 Å². The zero-order valence-electron chi connectivity index (χ0n) is 19.2. The molecule has 1 aromatic carbocycles. The summed E-state index contributed by atoms with van der Waals surface area (Å²) >= 11 is 0. The van der Waals surface area contributed by atoms with E-state index < -0.39 is 0 Å². The minimum Gasteiger partial charge on any atom is -0.490 e. The maximum Gasteiger partial charge on any atom is 0.251 e. The molecule has 8 heteroatoms. The number of likely N-dealkylation sites (N-methyl/N-ethyl adjacent to an activating group) is 1. The molecule has 0 saturated carbocycles. The molecule has 0 aromatic heterocycles. The van der Waals surface area contributed by atoms with Crippen molar-refractivity contribution in [2.24, 2.45) is 5.92 Å². The second-order valence-corrected chi connectivity index (χ2v) is 11.4. The van der Waals surface area contributed by atoms with Gasteiger partial charge in [0.2, 0.25) is 0 Å². The summed E-state index contributed by atoms with van der Waals surface area (Å²) in [6.45, 7) is 14.3. The molecule has 0 radical (unpaired) electrons. The molecule has 0 saturated heterocycles. The Morgan fingerprint density at radius 3 is 2.57 bits per heavy atom. The molecule has 0 fully saturated rings. The van der Waals surface area contributed by atoms with Crippen molar-refractivity contribution in [3.63, 3.8) is 0 Å². The van der Waals surface area contributed by atoms with Gasteiger partial charge < -0.3 is 24.8 Å². The molecule has 0 aliphatic carbocycles. The van der Waals surface area contributed by atoms with Crippen molar-refractivity contribution >= 4 is 27.5 Å². The zero-order valence-corrected chi connectivity index (χ0v) is 20.8. The molecular weight excluding hydrogens is 420 g/mol. The maximum absolute atomic E-state index is 12.2. The number of hydrogen-bond acceptors (Lipinski definition) is 7. The monoisotopic (exact) mass is 458 g/mol. The van der Waals surface area contributed by atoms with E-state index in [1.54, 1.807) is 33.7 Å². The van der Waals surface area contributed by atoms with E-state index in [9.17, 15) is 4.79 Å². The smallest absolute Gasteiger partial charge is 0.251 e. The van der Waals surface area contributed by atoms with Crippen LogP contribution in [0.25, 0.3) is 0 Å². The van der Waals surface area contributed by atoms with Crippen LogP contribution < -0.4 is 15.4 Å². The summed E-state index contributed by atoms with van der Waals surface area (Å²) in [6, 6.07) is 7.23. The average Bonchev–Trinajstić information content (AvgIpc) is 2.68. The van der Waals surface area contributed by atoms with E-state index >= 15 is 0 Å². The second kappa shape index (κ2) is 15.0. The highest BCUT2D eigenvalue weighted by Gasteiger charge is 2.18. The normalized spacial score (nSPS) is 12.8. The van der Waals surface area contributed by atoms with E-state index in [0.717, 1.165) is 13.2 Å². The topological polar surface area (TPSA) is 68.8 Å². The van der Waals surface area contributed by atoms with E-state index in [1.807, 2.05) is 19.2 Å². The zero-order chi connectivity index (χ0) is 22.4. The van der Waals surface area contributed by atoms with Gasteiger partial charge in [-0.25, -0.2) is 0 Å². The van der Waals surface area contributed by atoms with Crippen molar-refractivity contribution in [3.05, 3.63) is 29.8 Å². The number of benzene rings is 1. The van der Waals surface area contributed by atoms with Gasteiger partial charge in [0.15, 0.2) is 0 Å². The van der Waals surface area contributed by atoms with Gasteiger partial charge in [-0.05, 0) is 31.2 Å². The Hall–Kier alpha value is -0.930. The SMILES string of the molecule is CNCCNC(=O)c1cccc(OCC(OCCOCC(C)C)SSC(C)(C)C)c1. The molecule has 0 heterocycles. The molecule has 1 amide bonds. The predicted octanol–water partition coefficient (Wildman–Crippen LogP) is 4.21. The van der Waals surface area contributed by atoms with Crippen LogP contribution in [0.2, 0.25) is 0 Å². The third kappa shape index (κ3) is 13.4. The molecule has 1 rings (SSSR count). The fourth-order valence-electron chi connectivity index (χ4n) is 2.15. The molecule has 0 spiro atoms. The largest absolute Gasteiger partial charge is 0.490 e. The Labute approximate surface area is 190 Å². The molecule has 2 N–H and O–H groups in total. The van der Waals surface area contributed by atoms with Crippen LogP contribution in [0.5, 0.6) is 5.75 Å². The Kier molecular flexibility index (Phi) is 13.5. The summed E-state index contributed by atoms with van der Waals surface area (Å²) in [5, 5.41) is 5.88. The summed E-state index contributed by atoms with van der Waals surface area (Å²) < 4.78 is 17.7. The third-order valence-corrected chi connectivity index (χ3v) is 7.05. The summed E-state index contributed by atoms with van der Waals surface area (Å²) in [7, 11) is 5.28. The van der Waals surface area contributed by atoms with Crippen molar-refractivity contribution < 1.29 is 19.0 Å². The lowest BCUT2D eigenvalue weighted by Crippen LogP contribution is -2.30. The molecule has 1 aromatic rings. The highest BCUT2D eigenvalue weighted by atomic mass is 33.1. The summed E-state index contributed by atoms with van der Waals surface area (Å²) in [5.74, 6) is 1.06. The van der Waals surface area contributed by atoms with Crippen molar-refractivity contribution in [3.8, 4) is 5.75 Å². The lowest BCUT2D eigenvalue weighted by atomic mass is 10.2. The molecule has 30 heavy (non-hydrogen) atoms. The van der Waals surface area contributed by atoms with Crippen molar-refractivity contribution in [1.29, 1.82) is 0 Å². The minimum absolute atomic E-state index is 0.108. The van der Waals surface area contributed by atoms with Crippen LogP contribution in [0.3, 0.4) is 0 Å². The number of amides is 1. The van der Waals surface area contributed by atoms with Crippen LogP contribution in [0, 0.1) is 5.92 Å². The Bertz CT molecular complexity index is 609. The predicted molar refractivity (Wildman–Crippen MR) is 129 cm³/mol. The Morgan fingerprint density at radius 1 is 1.13 bits per heavy atom. The van der Waals surface area contributed by atoms with Crippen LogP contribution in [0.4, 0.5) is 0 Å². The van der Waals surface area contributed by atoms with Gasteiger partial charge in [-0.15, -0.1) is 0 Å². The van der Waals surface area contributed by atoms with Gasteiger partial charge >= 0.3 is 0 Å².